The van der Waals surface area contributed by atoms with E-state index in [2.05, 4.69) is 16.4 Å². The van der Waals surface area contributed by atoms with E-state index < -0.39 is 0 Å². The number of amides is 2. The maximum absolute atomic E-state index is 12.7. The number of nitrogens with one attached hydrogen (secondary N) is 2. The van der Waals surface area contributed by atoms with Gasteiger partial charge in [-0.15, -0.1) is 0 Å². The van der Waals surface area contributed by atoms with Crippen molar-refractivity contribution in [1.29, 1.82) is 0 Å². The van der Waals surface area contributed by atoms with Crippen LogP contribution in [0.1, 0.15) is 24.0 Å². The number of likely N-dealkylation sites (tertiary alicyclic amines) is 1. The van der Waals surface area contributed by atoms with E-state index in [0.29, 0.717) is 25.9 Å². The zero-order valence-electron chi connectivity index (χ0n) is 15.2. The molecule has 1 aliphatic heterocycles. The second-order valence-corrected chi connectivity index (χ2v) is 6.96. The summed E-state index contributed by atoms with van der Waals surface area (Å²) in [7, 11) is 0. The number of carbonyl (C=O) groups is 2. The van der Waals surface area contributed by atoms with Gasteiger partial charge in [-0.25, -0.2) is 0 Å². The standard InChI is InChI=1S/C22H23N3O2/c26-21-11-10-20(25(21)15-16-6-2-1-3-7-16)22(27)23-13-12-17-14-24-19-9-5-4-8-18(17)19/h1-9,14,20,24H,10-13,15H2,(H,23,27). The number of aromatic amines is 1. The molecule has 1 aliphatic rings. The van der Waals surface area contributed by atoms with Crippen LogP contribution in [0.3, 0.4) is 0 Å². The molecule has 4 rings (SSSR count). The first kappa shape index (κ1) is 17.3. The van der Waals surface area contributed by atoms with E-state index in [1.54, 1.807) is 4.90 Å². The largest absolute Gasteiger partial charge is 0.361 e. The van der Waals surface area contributed by atoms with Crippen molar-refractivity contribution in [3.8, 4) is 0 Å². The molecule has 1 fully saturated rings. The third kappa shape index (κ3) is 3.72. The summed E-state index contributed by atoms with van der Waals surface area (Å²) in [5.74, 6) is -0.00717. The van der Waals surface area contributed by atoms with Crippen LogP contribution in [0.15, 0.2) is 60.8 Å². The first-order valence-corrected chi connectivity index (χ1v) is 9.38. The zero-order valence-corrected chi connectivity index (χ0v) is 15.2. The number of H-pyrrole nitrogens is 1. The van der Waals surface area contributed by atoms with Crippen molar-refractivity contribution in [3.63, 3.8) is 0 Å². The van der Waals surface area contributed by atoms with Crippen LogP contribution in [0, 0.1) is 0 Å². The topological polar surface area (TPSA) is 65.2 Å². The molecule has 2 N–H and O–H groups in total. The lowest BCUT2D eigenvalue weighted by Crippen LogP contribution is -2.44. The molecule has 0 saturated carbocycles. The SMILES string of the molecule is O=C(NCCc1c[nH]c2ccccc12)C1CCC(=O)N1Cc1ccccc1. The first-order valence-electron chi connectivity index (χ1n) is 9.38. The molecule has 5 nitrogen and oxygen atoms in total. The number of benzene rings is 2. The van der Waals surface area contributed by atoms with Crippen LogP contribution in [0.2, 0.25) is 0 Å². The molecule has 5 heteroatoms. The van der Waals surface area contributed by atoms with Crippen molar-refractivity contribution in [2.75, 3.05) is 6.54 Å². The summed E-state index contributed by atoms with van der Waals surface area (Å²) >= 11 is 0. The van der Waals surface area contributed by atoms with Gasteiger partial charge in [0, 0.05) is 36.6 Å². The molecule has 1 saturated heterocycles. The molecule has 138 valence electrons. The Hall–Kier alpha value is -3.08. The fourth-order valence-electron chi connectivity index (χ4n) is 3.76. The maximum Gasteiger partial charge on any atom is 0.242 e. The van der Waals surface area contributed by atoms with Crippen molar-refractivity contribution in [2.24, 2.45) is 0 Å². The molecule has 27 heavy (non-hydrogen) atoms. The Kier molecular flexibility index (Phi) is 4.92. The molecule has 0 radical (unpaired) electrons. The van der Waals surface area contributed by atoms with Gasteiger partial charge in [-0.05, 0) is 30.0 Å². The lowest BCUT2D eigenvalue weighted by molar-refractivity contribution is -0.135. The number of aromatic nitrogens is 1. The highest BCUT2D eigenvalue weighted by molar-refractivity contribution is 5.91. The van der Waals surface area contributed by atoms with Gasteiger partial charge in [-0.2, -0.15) is 0 Å². The van der Waals surface area contributed by atoms with Crippen molar-refractivity contribution in [3.05, 3.63) is 71.9 Å². The average molecular weight is 361 g/mol. The maximum atomic E-state index is 12.7. The predicted octanol–water partition coefficient (Wildman–Crippen LogP) is 3.02. The molecule has 1 aromatic heterocycles. The Balaban J connectivity index is 1.36. The Bertz CT molecular complexity index is 948. The number of rotatable bonds is 6. The fourth-order valence-corrected chi connectivity index (χ4v) is 3.76. The second kappa shape index (κ2) is 7.66. The fraction of sp³-hybridized carbons (Fsp3) is 0.273. The van der Waals surface area contributed by atoms with Gasteiger partial charge in [0.25, 0.3) is 0 Å². The Morgan fingerprint density at radius 1 is 1.11 bits per heavy atom. The number of hydrogen-bond donors (Lipinski definition) is 2. The zero-order chi connectivity index (χ0) is 18.6. The minimum Gasteiger partial charge on any atom is -0.361 e. The number of para-hydroxylation sites is 1. The van der Waals surface area contributed by atoms with Crippen LogP contribution in [0.5, 0.6) is 0 Å². The smallest absolute Gasteiger partial charge is 0.242 e. The monoisotopic (exact) mass is 361 g/mol. The minimum atomic E-state index is -0.374. The van der Waals surface area contributed by atoms with Crippen LogP contribution < -0.4 is 5.32 Å². The molecule has 2 heterocycles. The van der Waals surface area contributed by atoms with Gasteiger partial charge in [0.05, 0.1) is 0 Å². The first-order chi connectivity index (χ1) is 13.2. The van der Waals surface area contributed by atoms with E-state index >= 15 is 0 Å². The molecule has 0 spiro atoms. The van der Waals surface area contributed by atoms with Crippen LogP contribution >= 0.6 is 0 Å². The Morgan fingerprint density at radius 3 is 2.74 bits per heavy atom. The molecular weight excluding hydrogens is 338 g/mol. The highest BCUT2D eigenvalue weighted by atomic mass is 16.2. The summed E-state index contributed by atoms with van der Waals surface area (Å²) < 4.78 is 0. The van der Waals surface area contributed by atoms with Crippen molar-refractivity contribution >= 4 is 22.7 Å². The summed E-state index contributed by atoms with van der Waals surface area (Å²) in [6, 6.07) is 17.6. The van der Waals surface area contributed by atoms with Crippen molar-refractivity contribution in [1.82, 2.24) is 15.2 Å². The van der Waals surface area contributed by atoms with Gasteiger partial charge in [-0.3, -0.25) is 9.59 Å². The van der Waals surface area contributed by atoms with E-state index in [1.807, 2.05) is 54.7 Å². The third-order valence-corrected chi connectivity index (χ3v) is 5.20. The molecule has 2 amide bonds. The molecular formula is C22H23N3O2. The minimum absolute atomic E-state index is 0.0515. The van der Waals surface area contributed by atoms with Gasteiger partial charge >= 0.3 is 0 Å². The molecule has 0 aliphatic carbocycles. The molecule has 2 aromatic carbocycles. The summed E-state index contributed by atoms with van der Waals surface area (Å²) in [5, 5.41) is 4.21. The second-order valence-electron chi connectivity index (χ2n) is 6.96. The van der Waals surface area contributed by atoms with Gasteiger partial charge in [-0.1, -0.05) is 48.5 Å². The number of carbonyl (C=O) groups excluding carboxylic acids is 2. The van der Waals surface area contributed by atoms with Crippen molar-refractivity contribution in [2.45, 2.75) is 31.8 Å². The van der Waals surface area contributed by atoms with Crippen molar-refractivity contribution < 1.29 is 9.59 Å². The van der Waals surface area contributed by atoms with Gasteiger partial charge < -0.3 is 15.2 Å². The van der Waals surface area contributed by atoms with Gasteiger partial charge in [0.2, 0.25) is 11.8 Å². The summed E-state index contributed by atoms with van der Waals surface area (Å²) in [6.07, 6.45) is 3.78. The lowest BCUT2D eigenvalue weighted by atomic mass is 10.1. The van der Waals surface area contributed by atoms with E-state index in [1.165, 1.54) is 10.9 Å². The summed E-state index contributed by atoms with van der Waals surface area (Å²) in [5.41, 5.74) is 3.34. The lowest BCUT2D eigenvalue weighted by Gasteiger charge is -2.24. The van der Waals surface area contributed by atoms with E-state index in [0.717, 1.165) is 17.5 Å². The quantitative estimate of drug-likeness (QED) is 0.709. The number of nitrogens with zero attached hydrogens (tertiary/aromatic N) is 1. The van der Waals surface area contributed by atoms with E-state index in [9.17, 15) is 9.59 Å². The van der Waals surface area contributed by atoms with Crippen LogP contribution in [-0.4, -0.2) is 34.3 Å². The average Bonchev–Trinajstić information content (AvgIpc) is 3.27. The Morgan fingerprint density at radius 2 is 1.89 bits per heavy atom. The van der Waals surface area contributed by atoms with Gasteiger partial charge in [0.15, 0.2) is 0 Å². The molecule has 3 aromatic rings. The van der Waals surface area contributed by atoms with Gasteiger partial charge in [0.1, 0.15) is 6.04 Å². The van der Waals surface area contributed by atoms with E-state index in [4.69, 9.17) is 0 Å². The number of hydrogen-bond acceptors (Lipinski definition) is 2. The normalized spacial score (nSPS) is 16.8. The molecule has 1 unspecified atom stereocenters. The van der Waals surface area contributed by atoms with Crippen LogP contribution in [-0.2, 0) is 22.6 Å². The third-order valence-electron chi connectivity index (χ3n) is 5.20. The van der Waals surface area contributed by atoms with Crippen LogP contribution in [0.4, 0.5) is 0 Å². The highest BCUT2D eigenvalue weighted by Crippen LogP contribution is 2.22. The van der Waals surface area contributed by atoms with Crippen LogP contribution in [0.25, 0.3) is 10.9 Å². The summed E-state index contributed by atoms with van der Waals surface area (Å²) in [6.45, 7) is 1.05. The number of fused-ring (bicyclic) bond motifs is 1. The molecule has 1 atom stereocenters. The summed E-state index contributed by atoms with van der Waals surface area (Å²) in [4.78, 5) is 29.9. The predicted molar refractivity (Wildman–Crippen MR) is 105 cm³/mol. The molecule has 0 bridgehead atoms. The Labute approximate surface area is 158 Å². The van der Waals surface area contributed by atoms with E-state index in [-0.39, 0.29) is 17.9 Å². The highest BCUT2D eigenvalue weighted by Gasteiger charge is 2.35.